The zero-order chi connectivity index (χ0) is 17.6. The lowest BCUT2D eigenvalue weighted by Crippen LogP contribution is -2.26. The lowest BCUT2D eigenvalue weighted by atomic mass is 10.1. The number of nitrogens with zero attached hydrogens (tertiary/aromatic N) is 1. The first-order valence-corrected chi connectivity index (χ1v) is 9.10. The molecule has 0 bridgehead atoms. The number of ether oxygens (including phenoxy) is 1. The van der Waals surface area contributed by atoms with Gasteiger partial charge in [0.2, 0.25) is 5.91 Å². The lowest BCUT2D eigenvalue weighted by Gasteiger charge is -2.10. The van der Waals surface area contributed by atoms with Crippen LogP contribution in [0.3, 0.4) is 0 Å². The van der Waals surface area contributed by atoms with Gasteiger partial charge in [-0.2, -0.15) is 0 Å². The van der Waals surface area contributed by atoms with Crippen molar-refractivity contribution < 1.29 is 9.53 Å². The summed E-state index contributed by atoms with van der Waals surface area (Å²) < 4.78 is 8.52. The second-order valence-electron chi connectivity index (χ2n) is 5.84. The van der Waals surface area contributed by atoms with Crippen molar-refractivity contribution in [3.63, 3.8) is 0 Å². The van der Waals surface area contributed by atoms with Crippen LogP contribution in [0.4, 0.5) is 0 Å². The monoisotopic (exact) mass is 400 g/mol. The minimum Gasteiger partial charge on any atom is -0.496 e. The zero-order valence-corrected chi connectivity index (χ0v) is 15.8. The molecular formula is C20H21BrN2O2. The predicted octanol–water partition coefficient (Wildman–Crippen LogP) is 4.16. The van der Waals surface area contributed by atoms with Gasteiger partial charge in [-0.25, -0.2) is 0 Å². The summed E-state index contributed by atoms with van der Waals surface area (Å²) >= 11 is 3.56. The van der Waals surface area contributed by atoms with E-state index in [0.29, 0.717) is 19.5 Å². The summed E-state index contributed by atoms with van der Waals surface area (Å²) in [6.07, 6.45) is 3.24. The van der Waals surface area contributed by atoms with Crippen LogP contribution < -0.4 is 10.1 Å². The van der Waals surface area contributed by atoms with Gasteiger partial charge in [-0.1, -0.05) is 40.2 Å². The van der Waals surface area contributed by atoms with Crippen LogP contribution in [0.15, 0.2) is 59.2 Å². The topological polar surface area (TPSA) is 43.3 Å². The molecule has 0 saturated carbocycles. The van der Waals surface area contributed by atoms with Crippen LogP contribution in [0.2, 0.25) is 0 Å². The molecule has 0 aliphatic rings. The van der Waals surface area contributed by atoms with Crippen molar-refractivity contribution in [2.45, 2.75) is 19.4 Å². The molecule has 1 amide bonds. The van der Waals surface area contributed by atoms with Crippen LogP contribution in [0, 0.1) is 0 Å². The molecule has 0 aliphatic carbocycles. The van der Waals surface area contributed by atoms with Crippen molar-refractivity contribution in [2.24, 2.45) is 0 Å². The summed E-state index contributed by atoms with van der Waals surface area (Å²) in [4.78, 5) is 12.1. The maximum atomic E-state index is 12.1. The molecule has 25 heavy (non-hydrogen) atoms. The smallest absolute Gasteiger partial charge is 0.221 e. The highest BCUT2D eigenvalue weighted by atomic mass is 79.9. The number of carbonyl (C=O) groups excluding carboxylic acids is 1. The van der Waals surface area contributed by atoms with Gasteiger partial charge in [-0.3, -0.25) is 4.79 Å². The normalized spacial score (nSPS) is 10.8. The number of fused-ring (bicyclic) bond motifs is 1. The van der Waals surface area contributed by atoms with Gasteiger partial charge in [-0.15, -0.1) is 0 Å². The van der Waals surface area contributed by atoms with Crippen LogP contribution in [-0.2, 0) is 17.8 Å². The Morgan fingerprint density at radius 1 is 1.16 bits per heavy atom. The van der Waals surface area contributed by atoms with Gasteiger partial charge in [0.15, 0.2) is 0 Å². The van der Waals surface area contributed by atoms with E-state index in [-0.39, 0.29) is 5.91 Å². The molecular weight excluding hydrogens is 380 g/mol. The number of amides is 1. The zero-order valence-electron chi connectivity index (χ0n) is 14.2. The van der Waals surface area contributed by atoms with Crippen molar-refractivity contribution in [1.29, 1.82) is 0 Å². The summed E-state index contributed by atoms with van der Waals surface area (Å²) in [5.41, 5.74) is 2.24. The number of nitrogens with one attached hydrogen (secondary N) is 1. The fraction of sp³-hybridized carbons (Fsp3) is 0.250. The molecule has 0 spiro atoms. The van der Waals surface area contributed by atoms with Crippen LogP contribution in [0.25, 0.3) is 10.9 Å². The molecule has 1 aromatic heterocycles. The van der Waals surface area contributed by atoms with Gasteiger partial charge in [0, 0.05) is 41.1 Å². The number of halogens is 1. The van der Waals surface area contributed by atoms with Crippen LogP contribution in [-0.4, -0.2) is 24.1 Å². The quantitative estimate of drug-likeness (QED) is 0.646. The fourth-order valence-corrected chi connectivity index (χ4v) is 3.43. The molecule has 4 nitrogen and oxygen atoms in total. The number of carbonyl (C=O) groups is 1. The first-order valence-electron chi connectivity index (χ1n) is 8.31. The third-order valence-corrected chi connectivity index (χ3v) is 4.94. The molecule has 0 aliphatic heterocycles. The molecule has 2 aromatic carbocycles. The van der Waals surface area contributed by atoms with E-state index in [1.807, 2.05) is 42.6 Å². The summed E-state index contributed by atoms with van der Waals surface area (Å²) in [5, 5.41) is 4.15. The Bertz CT molecular complexity index is 873. The third-order valence-electron chi connectivity index (χ3n) is 4.25. The van der Waals surface area contributed by atoms with E-state index >= 15 is 0 Å². The Kier molecular flexibility index (Phi) is 5.76. The molecule has 1 heterocycles. The maximum absolute atomic E-state index is 12.1. The average molecular weight is 401 g/mol. The molecule has 0 radical (unpaired) electrons. The Morgan fingerprint density at radius 3 is 2.84 bits per heavy atom. The van der Waals surface area contributed by atoms with Crippen LogP contribution in [0.1, 0.15) is 12.0 Å². The van der Waals surface area contributed by atoms with E-state index in [0.717, 1.165) is 27.7 Å². The van der Waals surface area contributed by atoms with Crippen molar-refractivity contribution in [1.82, 2.24) is 9.88 Å². The van der Waals surface area contributed by atoms with E-state index in [1.165, 1.54) is 5.39 Å². The number of aromatic nitrogens is 1. The van der Waals surface area contributed by atoms with Crippen LogP contribution >= 0.6 is 15.9 Å². The maximum Gasteiger partial charge on any atom is 0.221 e. The van der Waals surface area contributed by atoms with Crippen molar-refractivity contribution in [3.05, 3.63) is 64.8 Å². The highest BCUT2D eigenvalue weighted by Gasteiger charge is 2.07. The minimum absolute atomic E-state index is 0.0618. The van der Waals surface area contributed by atoms with Crippen molar-refractivity contribution >= 4 is 32.7 Å². The van der Waals surface area contributed by atoms with Crippen LogP contribution in [0.5, 0.6) is 5.75 Å². The summed E-state index contributed by atoms with van der Waals surface area (Å²) in [5.74, 6) is 0.924. The molecule has 3 aromatic rings. The Balaban J connectivity index is 1.50. The predicted molar refractivity (Wildman–Crippen MR) is 104 cm³/mol. The second-order valence-corrected chi connectivity index (χ2v) is 6.70. The van der Waals surface area contributed by atoms with Gasteiger partial charge in [0.1, 0.15) is 5.75 Å². The number of hydrogen-bond donors (Lipinski definition) is 1. The van der Waals surface area contributed by atoms with E-state index in [2.05, 4.69) is 37.9 Å². The second kappa shape index (κ2) is 8.21. The molecule has 130 valence electrons. The van der Waals surface area contributed by atoms with Gasteiger partial charge >= 0.3 is 0 Å². The number of aryl methyl sites for hydroxylation is 1. The molecule has 5 heteroatoms. The van der Waals surface area contributed by atoms with Gasteiger partial charge in [0.05, 0.1) is 7.11 Å². The number of hydrogen-bond acceptors (Lipinski definition) is 2. The van der Waals surface area contributed by atoms with Gasteiger partial charge in [-0.05, 0) is 36.2 Å². The third kappa shape index (κ3) is 4.23. The number of para-hydroxylation sites is 1. The summed E-state index contributed by atoms with van der Waals surface area (Å²) in [6, 6.07) is 16.1. The average Bonchev–Trinajstić information content (AvgIpc) is 3.05. The highest BCUT2D eigenvalue weighted by molar-refractivity contribution is 9.10. The lowest BCUT2D eigenvalue weighted by molar-refractivity contribution is -0.121. The van der Waals surface area contributed by atoms with Gasteiger partial charge < -0.3 is 14.6 Å². The SMILES string of the molecule is COc1ccccc1CCNC(=O)CCn1ccc2c(Br)cccc21. The molecule has 0 unspecified atom stereocenters. The number of rotatable bonds is 7. The highest BCUT2D eigenvalue weighted by Crippen LogP contribution is 2.24. The minimum atomic E-state index is 0.0618. The summed E-state index contributed by atoms with van der Waals surface area (Å²) in [7, 11) is 1.66. The van der Waals surface area contributed by atoms with Gasteiger partial charge in [0.25, 0.3) is 0 Å². The van der Waals surface area contributed by atoms with E-state index in [9.17, 15) is 4.79 Å². The van der Waals surface area contributed by atoms with E-state index < -0.39 is 0 Å². The largest absolute Gasteiger partial charge is 0.496 e. The Morgan fingerprint density at radius 2 is 2.00 bits per heavy atom. The first kappa shape index (κ1) is 17.5. The fourth-order valence-electron chi connectivity index (χ4n) is 2.94. The van der Waals surface area contributed by atoms with E-state index in [4.69, 9.17) is 4.74 Å². The Labute approximate surface area is 155 Å². The standard InChI is InChI=1S/C20H21BrN2O2/c1-25-19-8-3-2-5-15(19)9-12-22-20(24)11-14-23-13-10-16-17(21)6-4-7-18(16)23/h2-8,10,13H,9,11-12,14H2,1H3,(H,22,24). The Hall–Kier alpha value is -2.27. The van der Waals surface area contributed by atoms with E-state index in [1.54, 1.807) is 7.11 Å². The number of benzene rings is 2. The summed E-state index contributed by atoms with van der Waals surface area (Å²) in [6.45, 7) is 1.28. The molecule has 3 rings (SSSR count). The molecule has 1 N–H and O–H groups in total. The van der Waals surface area contributed by atoms with Crippen molar-refractivity contribution in [2.75, 3.05) is 13.7 Å². The number of methoxy groups -OCH3 is 1. The molecule has 0 saturated heterocycles. The first-order chi connectivity index (χ1) is 12.2. The molecule has 0 fully saturated rings. The van der Waals surface area contributed by atoms with Crippen molar-refractivity contribution in [3.8, 4) is 5.75 Å². The molecule has 0 atom stereocenters.